The molecule has 1 aromatic carbocycles. The van der Waals surface area contributed by atoms with E-state index in [1.165, 1.54) is 12.5 Å². The standard InChI is InChI=1S/C16H24F2N2/c1-3-12-6-7-20(14(8-12)10-19)11(2)15-5-4-13(17)9-16(15)18/h4-5,9,11-12,14H,3,6-8,10,19H2,1-2H3. The fourth-order valence-corrected chi connectivity index (χ4v) is 3.28. The van der Waals surface area contributed by atoms with Crippen LogP contribution in [0.3, 0.4) is 0 Å². The zero-order valence-electron chi connectivity index (χ0n) is 12.3. The minimum atomic E-state index is -0.529. The van der Waals surface area contributed by atoms with Crippen molar-refractivity contribution >= 4 is 0 Å². The second-order valence-corrected chi connectivity index (χ2v) is 5.77. The van der Waals surface area contributed by atoms with Crippen molar-refractivity contribution in [3.8, 4) is 0 Å². The quantitative estimate of drug-likeness (QED) is 0.916. The topological polar surface area (TPSA) is 29.3 Å². The predicted octanol–water partition coefficient (Wildman–Crippen LogP) is 3.48. The van der Waals surface area contributed by atoms with Crippen LogP contribution in [0.4, 0.5) is 8.78 Å². The Labute approximate surface area is 120 Å². The number of likely N-dealkylation sites (tertiary alicyclic amines) is 1. The molecular formula is C16H24F2N2. The summed E-state index contributed by atoms with van der Waals surface area (Å²) < 4.78 is 27.0. The van der Waals surface area contributed by atoms with Crippen LogP contribution in [0, 0.1) is 17.6 Å². The van der Waals surface area contributed by atoms with Crippen molar-refractivity contribution in [1.29, 1.82) is 0 Å². The molecule has 1 aliphatic heterocycles. The summed E-state index contributed by atoms with van der Waals surface area (Å²) in [4.78, 5) is 2.27. The van der Waals surface area contributed by atoms with Gasteiger partial charge in [0.25, 0.3) is 0 Å². The highest BCUT2D eigenvalue weighted by atomic mass is 19.1. The molecular weight excluding hydrogens is 258 g/mol. The summed E-state index contributed by atoms with van der Waals surface area (Å²) in [6.45, 7) is 5.70. The molecule has 3 unspecified atom stereocenters. The Morgan fingerprint density at radius 2 is 2.15 bits per heavy atom. The maximum atomic E-state index is 13.9. The monoisotopic (exact) mass is 282 g/mol. The molecule has 20 heavy (non-hydrogen) atoms. The molecule has 112 valence electrons. The predicted molar refractivity (Wildman–Crippen MR) is 77.3 cm³/mol. The van der Waals surface area contributed by atoms with E-state index in [1.54, 1.807) is 6.07 Å². The number of nitrogens with zero attached hydrogens (tertiary/aromatic N) is 1. The number of hydrogen-bond donors (Lipinski definition) is 1. The highest BCUT2D eigenvalue weighted by Crippen LogP contribution is 2.32. The first-order chi connectivity index (χ1) is 9.56. The van der Waals surface area contributed by atoms with Crippen LogP contribution in [0.25, 0.3) is 0 Å². The molecule has 0 aliphatic carbocycles. The molecule has 2 N–H and O–H groups in total. The van der Waals surface area contributed by atoms with E-state index in [4.69, 9.17) is 5.73 Å². The van der Waals surface area contributed by atoms with Crippen molar-refractivity contribution in [2.75, 3.05) is 13.1 Å². The van der Waals surface area contributed by atoms with Crippen molar-refractivity contribution < 1.29 is 8.78 Å². The zero-order valence-corrected chi connectivity index (χ0v) is 12.3. The molecule has 1 aliphatic rings. The third-order valence-electron chi connectivity index (χ3n) is 4.63. The van der Waals surface area contributed by atoms with Crippen molar-refractivity contribution in [1.82, 2.24) is 4.90 Å². The Bertz CT molecular complexity index is 450. The zero-order chi connectivity index (χ0) is 14.7. The summed E-state index contributed by atoms with van der Waals surface area (Å²) in [5, 5.41) is 0. The molecule has 1 aromatic rings. The van der Waals surface area contributed by atoms with Gasteiger partial charge in [-0.3, -0.25) is 4.90 Å². The van der Waals surface area contributed by atoms with Crippen LogP contribution in [0.1, 0.15) is 44.7 Å². The largest absolute Gasteiger partial charge is 0.329 e. The van der Waals surface area contributed by atoms with Crippen LogP contribution in [-0.2, 0) is 0 Å². The number of hydrogen-bond acceptors (Lipinski definition) is 2. The van der Waals surface area contributed by atoms with E-state index in [2.05, 4.69) is 11.8 Å². The molecule has 0 aromatic heterocycles. The summed E-state index contributed by atoms with van der Waals surface area (Å²) >= 11 is 0. The number of piperidine rings is 1. The van der Waals surface area contributed by atoms with Crippen LogP contribution >= 0.6 is 0 Å². The summed E-state index contributed by atoms with van der Waals surface area (Å²) in [5.74, 6) is -0.283. The van der Waals surface area contributed by atoms with Gasteiger partial charge in [-0.05, 0) is 38.3 Å². The lowest BCUT2D eigenvalue weighted by Gasteiger charge is -2.42. The molecule has 2 rings (SSSR count). The number of benzene rings is 1. The SMILES string of the molecule is CCC1CCN(C(C)c2ccc(F)cc2F)C(CN)C1. The average Bonchev–Trinajstić information content (AvgIpc) is 2.46. The van der Waals surface area contributed by atoms with Crippen LogP contribution in [0.15, 0.2) is 18.2 Å². The smallest absolute Gasteiger partial charge is 0.130 e. The number of nitrogens with two attached hydrogens (primary N) is 1. The van der Waals surface area contributed by atoms with E-state index in [-0.39, 0.29) is 12.1 Å². The Morgan fingerprint density at radius 3 is 2.75 bits per heavy atom. The van der Waals surface area contributed by atoms with Gasteiger partial charge in [0, 0.05) is 30.3 Å². The van der Waals surface area contributed by atoms with Gasteiger partial charge in [0.15, 0.2) is 0 Å². The molecule has 0 bridgehead atoms. The third kappa shape index (κ3) is 3.18. The number of halogens is 2. The van der Waals surface area contributed by atoms with E-state index in [9.17, 15) is 8.78 Å². The molecule has 3 atom stereocenters. The minimum Gasteiger partial charge on any atom is -0.329 e. The molecule has 1 saturated heterocycles. The van der Waals surface area contributed by atoms with Crippen LogP contribution in [-0.4, -0.2) is 24.0 Å². The minimum absolute atomic E-state index is 0.0676. The third-order valence-corrected chi connectivity index (χ3v) is 4.63. The lowest BCUT2D eigenvalue weighted by Crippen LogP contribution is -2.47. The van der Waals surface area contributed by atoms with Gasteiger partial charge in [-0.15, -0.1) is 0 Å². The van der Waals surface area contributed by atoms with Gasteiger partial charge in [0.2, 0.25) is 0 Å². The van der Waals surface area contributed by atoms with Gasteiger partial charge in [0.1, 0.15) is 11.6 Å². The van der Waals surface area contributed by atoms with Gasteiger partial charge in [-0.1, -0.05) is 19.4 Å². The van der Waals surface area contributed by atoms with E-state index in [1.807, 2.05) is 6.92 Å². The van der Waals surface area contributed by atoms with E-state index < -0.39 is 11.6 Å². The first-order valence-corrected chi connectivity index (χ1v) is 7.47. The van der Waals surface area contributed by atoms with Crippen molar-refractivity contribution in [3.05, 3.63) is 35.4 Å². The van der Waals surface area contributed by atoms with Gasteiger partial charge in [0.05, 0.1) is 0 Å². The van der Waals surface area contributed by atoms with Crippen molar-refractivity contribution in [2.45, 2.75) is 45.2 Å². The summed E-state index contributed by atoms with van der Waals surface area (Å²) in [6, 6.07) is 4.05. The molecule has 0 spiro atoms. The molecule has 4 heteroatoms. The fraction of sp³-hybridized carbons (Fsp3) is 0.625. The van der Waals surface area contributed by atoms with Crippen LogP contribution in [0.5, 0.6) is 0 Å². The molecule has 0 radical (unpaired) electrons. The number of rotatable bonds is 4. The summed E-state index contributed by atoms with van der Waals surface area (Å²) in [7, 11) is 0. The van der Waals surface area contributed by atoms with Crippen LogP contribution < -0.4 is 5.73 Å². The van der Waals surface area contributed by atoms with E-state index in [0.717, 1.165) is 25.5 Å². The van der Waals surface area contributed by atoms with Gasteiger partial charge in [-0.25, -0.2) is 8.78 Å². The molecule has 0 amide bonds. The Kier molecular flexibility index (Phi) is 5.11. The Morgan fingerprint density at radius 1 is 1.40 bits per heavy atom. The van der Waals surface area contributed by atoms with Crippen molar-refractivity contribution in [3.63, 3.8) is 0 Å². The van der Waals surface area contributed by atoms with Gasteiger partial charge >= 0.3 is 0 Å². The maximum Gasteiger partial charge on any atom is 0.130 e. The fourth-order valence-electron chi connectivity index (χ4n) is 3.28. The normalized spacial score (nSPS) is 25.6. The Balaban J connectivity index is 2.17. The van der Waals surface area contributed by atoms with E-state index >= 15 is 0 Å². The summed E-state index contributed by atoms with van der Waals surface area (Å²) in [5.41, 5.74) is 6.45. The maximum absolute atomic E-state index is 13.9. The van der Waals surface area contributed by atoms with Gasteiger partial charge < -0.3 is 5.73 Å². The van der Waals surface area contributed by atoms with Crippen molar-refractivity contribution in [2.24, 2.45) is 11.7 Å². The molecule has 1 heterocycles. The lowest BCUT2D eigenvalue weighted by molar-refractivity contribution is 0.0757. The Hall–Kier alpha value is -1.00. The first-order valence-electron chi connectivity index (χ1n) is 7.47. The molecule has 2 nitrogen and oxygen atoms in total. The first kappa shape index (κ1) is 15.4. The second-order valence-electron chi connectivity index (χ2n) is 5.77. The van der Waals surface area contributed by atoms with Crippen LogP contribution in [0.2, 0.25) is 0 Å². The molecule has 1 fully saturated rings. The van der Waals surface area contributed by atoms with Gasteiger partial charge in [-0.2, -0.15) is 0 Å². The highest BCUT2D eigenvalue weighted by molar-refractivity contribution is 5.22. The second kappa shape index (κ2) is 6.64. The lowest BCUT2D eigenvalue weighted by atomic mass is 9.87. The summed E-state index contributed by atoms with van der Waals surface area (Å²) in [6.07, 6.45) is 3.37. The molecule has 0 saturated carbocycles. The average molecular weight is 282 g/mol. The highest BCUT2D eigenvalue weighted by Gasteiger charge is 2.31. The van der Waals surface area contributed by atoms with E-state index in [0.29, 0.717) is 18.0 Å².